The lowest BCUT2D eigenvalue weighted by molar-refractivity contribution is 0.391. The second-order valence-electron chi connectivity index (χ2n) is 8.14. The summed E-state index contributed by atoms with van der Waals surface area (Å²) in [5.41, 5.74) is 2.83. The molecule has 0 unspecified atom stereocenters. The first kappa shape index (κ1) is 16.3. The van der Waals surface area contributed by atoms with E-state index in [1.54, 1.807) is 0 Å². The average Bonchev–Trinajstić information content (AvgIpc) is 2.67. The predicted molar refractivity (Wildman–Crippen MR) is 103 cm³/mol. The van der Waals surface area contributed by atoms with E-state index in [-0.39, 0.29) is 0 Å². The minimum absolute atomic E-state index is 0.461. The van der Waals surface area contributed by atoms with Crippen molar-refractivity contribution in [2.24, 2.45) is 0 Å². The first-order valence-corrected chi connectivity index (χ1v) is 10.4. The van der Waals surface area contributed by atoms with Crippen LogP contribution < -0.4 is 0 Å². The van der Waals surface area contributed by atoms with Gasteiger partial charge in [0.25, 0.3) is 0 Å². The van der Waals surface area contributed by atoms with Gasteiger partial charge in [0.15, 0.2) is 0 Å². The Hall–Kier alpha value is -1.18. The SMILES string of the molecule is C1=C(OB(C2CCCCC2)C2CCCCC2)c2ccccc2CC1. The minimum atomic E-state index is 0.461. The maximum Gasteiger partial charge on any atom is 0.364 e. The summed E-state index contributed by atoms with van der Waals surface area (Å²) >= 11 is 0. The van der Waals surface area contributed by atoms with Gasteiger partial charge in [-0.1, -0.05) is 88.5 Å². The molecule has 3 aliphatic rings. The minimum Gasteiger partial charge on any atom is -0.560 e. The standard InChI is InChI=1S/C22H31BO/c1-3-12-19(13-4-1)23(20-14-5-2-6-15-20)24-22-17-9-11-18-10-7-8-16-21(18)22/h7-8,10,16-17,19-20H,1-6,9,11-15H2. The number of rotatable bonds is 4. The maximum absolute atomic E-state index is 6.86. The van der Waals surface area contributed by atoms with Gasteiger partial charge in [0, 0.05) is 5.56 Å². The molecule has 1 aromatic carbocycles. The third-order valence-electron chi connectivity index (χ3n) is 6.52. The van der Waals surface area contributed by atoms with Crippen LogP contribution >= 0.6 is 0 Å². The number of hydrogen-bond acceptors (Lipinski definition) is 1. The van der Waals surface area contributed by atoms with Crippen molar-refractivity contribution in [3.8, 4) is 0 Å². The van der Waals surface area contributed by atoms with Crippen molar-refractivity contribution >= 4 is 12.7 Å². The lowest BCUT2D eigenvalue weighted by atomic mass is 9.41. The van der Waals surface area contributed by atoms with Crippen LogP contribution in [0.3, 0.4) is 0 Å². The molecule has 128 valence electrons. The first-order chi connectivity index (χ1) is 11.9. The van der Waals surface area contributed by atoms with Crippen LogP contribution in [-0.2, 0) is 11.1 Å². The summed E-state index contributed by atoms with van der Waals surface area (Å²) < 4.78 is 6.86. The summed E-state index contributed by atoms with van der Waals surface area (Å²) in [5.74, 6) is 2.77. The lowest BCUT2D eigenvalue weighted by Gasteiger charge is -2.36. The third kappa shape index (κ3) is 3.58. The molecular formula is C22H31BO. The van der Waals surface area contributed by atoms with Gasteiger partial charge in [-0.25, -0.2) is 0 Å². The zero-order chi connectivity index (χ0) is 16.2. The van der Waals surface area contributed by atoms with Gasteiger partial charge in [-0.2, -0.15) is 0 Å². The molecule has 0 aromatic heterocycles. The molecular weight excluding hydrogens is 291 g/mol. The largest absolute Gasteiger partial charge is 0.560 e. The van der Waals surface area contributed by atoms with Gasteiger partial charge < -0.3 is 4.65 Å². The van der Waals surface area contributed by atoms with E-state index < -0.39 is 0 Å². The highest BCUT2D eigenvalue weighted by molar-refractivity contribution is 6.56. The van der Waals surface area contributed by atoms with Crippen molar-refractivity contribution in [3.63, 3.8) is 0 Å². The molecule has 2 fully saturated rings. The molecule has 1 nitrogen and oxygen atoms in total. The Kier molecular flexibility index (Phi) is 5.30. The zero-order valence-corrected chi connectivity index (χ0v) is 15.0. The molecule has 0 aliphatic heterocycles. The summed E-state index contributed by atoms with van der Waals surface area (Å²) in [5, 5.41) is 0. The van der Waals surface area contributed by atoms with E-state index >= 15 is 0 Å². The Morgan fingerprint density at radius 2 is 1.42 bits per heavy atom. The zero-order valence-electron chi connectivity index (χ0n) is 15.0. The van der Waals surface area contributed by atoms with Crippen LogP contribution in [0, 0.1) is 0 Å². The van der Waals surface area contributed by atoms with E-state index in [1.165, 1.54) is 87.5 Å². The molecule has 24 heavy (non-hydrogen) atoms. The van der Waals surface area contributed by atoms with Crippen molar-refractivity contribution < 1.29 is 4.65 Å². The fraction of sp³-hybridized carbons (Fsp3) is 0.636. The van der Waals surface area contributed by atoms with E-state index in [9.17, 15) is 0 Å². The Morgan fingerprint density at radius 3 is 2.08 bits per heavy atom. The van der Waals surface area contributed by atoms with Gasteiger partial charge in [-0.15, -0.1) is 0 Å². The summed E-state index contributed by atoms with van der Waals surface area (Å²) in [6.07, 6.45) is 18.7. The van der Waals surface area contributed by atoms with E-state index in [2.05, 4.69) is 30.3 Å². The molecule has 0 spiro atoms. The fourth-order valence-corrected chi connectivity index (χ4v) is 5.21. The Bertz CT molecular complexity index is 549. The number of allylic oxidation sites excluding steroid dienone is 1. The quantitative estimate of drug-likeness (QED) is 0.564. The second kappa shape index (κ2) is 7.80. The van der Waals surface area contributed by atoms with Crippen molar-refractivity contribution in [2.45, 2.75) is 88.7 Å². The van der Waals surface area contributed by atoms with E-state index in [0.29, 0.717) is 6.92 Å². The van der Waals surface area contributed by atoms with Crippen LogP contribution in [0.5, 0.6) is 0 Å². The molecule has 0 saturated heterocycles. The smallest absolute Gasteiger partial charge is 0.364 e. The van der Waals surface area contributed by atoms with Gasteiger partial charge in [-0.3, -0.25) is 0 Å². The fourth-order valence-electron chi connectivity index (χ4n) is 5.21. The summed E-state index contributed by atoms with van der Waals surface area (Å²) in [6.45, 7) is 0.461. The number of benzene rings is 1. The topological polar surface area (TPSA) is 9.23 Å². The molecule has 0 amide bonds. The summed E-state index contributed by atoms with van der Waals surface area (Å²) in [7, 11) is 0. The molecule has 3 aliphatic carbocycles. The summed E-state index contributed by atoms with van der Waals surface area (Å²) in [6, 6.07) is 8.88. The molecule has 2 heteroatoms. The van der Waals surface area contributed by atoms with E-state index in [4.69, 9.17) is 4.65 Å². The van der Waals surface area contributed by atoms with Crippen molar-refractivity contribution in [3.05, 3.63) is 41.5 Å². The molecule has 0 radical (unpaired) electrons. The Balaban J connectivity index is 1.55. The van der Waals surface area contributed by atoms with Crippen LogP contribution in [0.4, 0.5) is 0 Å². The average molecular weight is 322 g/mol. The molecule has 0 atom stereocenters. The highest BCUT2D eigenvalue weighted by atomic mass is 16.4. The molecule has 1 aromatic rings. The third-order valence-corrected chi connectivity index (χ3v) is 6.52. The van der Waals surface area contributed by atoms with Gasteiger partial charge in [0.1, 0.15) is 5.76 Å². The van der Waals surface area contributed by atoms with Crippen LogP contribution in [0.1, 0.15) is 81.8 Å². The van der Waals surface area contributed by atoms with Gasteiger partial charge in [0.05, 0.1) is 0 Å². The molecule has 0 bridgehead atoms. The highest BCUT2D eigenvalue weighted by Gasteiger charge is 2.39. The van der Waals surface area contributed by atoms with Crippen molar-refractivity contribution in [1.82, 2.24) is 0 Å². The van der Waals surface area contributed by atoms with Crippen LogP contribution in [0.15, 0.2) is 30.3 Å². The van der Waals surface area contributed by atoms with Crippen LogP contribution in [-0.4, -0.2) is 6.92 Å². The molecule has 4 rings (SSSR count). The second-order valence-corrected chi connectivity index (χ2v) is 8.14. The van der Waals surface area contributed by atoms with Gasteiger partial charge in [-0.05, 0) is 36.1 Å². The first-order valence-electron chi connectivity index (χ1n) is 10.4. The van der Waals surface area contributed by atoms with Crippen molar-refractivity contribution in [2.75, 3.05) is 0 Å². The normalized spacial score (nSPS) is 22.6. The van der Waals surface area contributed by atoms with Gasteiger partial charge >= 0.3 is 6.92 Å². The Morgan fingerprint density at radius 1 is 0.792 bits per heavy atom. The number of hydrogen-bond donors (Lipinski definition) is 0. The monoisotopic (exact) mass is 322 g/mol. The number of aryl methyl sites for hydroxylation is 1. The summed E-state index contributed by atoms with van der Waals surface area (Å²) in [4.78, 5) is 0. The molecule has 0 N–H and O–H groups in total. The highest BCUT2D eigenvalue weighted by Crippen LogP contribution is 2.44. The predicted octanol–water partition coefficient (Wildman–Crippen LogP) is 6.65. The molecule has 2 saturated carbocycles. The lowest BCUT2D eigenvalue weighted by Crippen LogP contribution is -2.33. The van der Waals surface area contributed by atoms with Gasteiger partial charge in [0.2, 0.25) is 0 Å². The van der Waals surface area contributed by atoms with Crippen LogP contribution in [0.2, 0.25) is 11.6 Å². The van der Waals surface area contributed by atoms with E-state index in [0.717, 1.165) is 18.1 Å². The van der Waals surface area contributed by atoms with Crippen molar-refractivity contribution in [1.29, 1.82) is 0 Å². The maximum atomic E-state index is 6.86. The number of fused-ring (bicyclic) bond motifs is 1. The Labute approximate surface area is 148 Å². The van der Waals surface area contributed by atoms with E-state index in [1.807, 2.05) is 0 Å². The van der Waals surface area contributed by atoms with Crippen LogP contribution in [0.25, 0.3) is 5.76 Å². The molecule has 0 heterocycles.